The molecule has 0 saturated heterocycles. The van der Waals surface area contributed by atoms with Crippen molar-refractivity contribution in [2.75, 3.05) is 19.0 Å². The summed E-state index contributed by atoms with van der Waals surface area (Å²) in [5, 5.41) is 2.78. The topological polar surface area (TPSA) is 64.6 Å². The smallest absolute Gasteiger partial charge is 0.262 e. The molecule has 2 rings (SSSR count). The van der Waals surface area contributed by atoms with Gasteiger partial charge in [0.2, 0.25) is 0 Å². The number of aldehydes is 1. The Bertz CT molecular complexity index is 754. The Hall–Kier alpha value is -1.86. The first-order chi connectivity index (χ1) is 11.4. The Morgan fingerprint density at radius 3 is 2.42 bits per heavy atom. The Morgan fingerprint density at radius 2 is 1.83 bits per heavy atom. The van der Waals surface area contributed by atoms with Gasteiger partial charge in [-0.3, -0.25) is 9.59 Å². The number of methoxy groups -OCH3 is 1. The van der Waals surface area contributed by atoms with Gasteiger partial charge in [0.25, 0.3) is 5.91 Å². The lowest BCUT2D eigenvalue weighted by atomic mass is 10.2. The summed E-state index contributed by atoms with van der Waals surface area (Å²) in [5.41, 5.74) is 2.16. The third-order valence-corrected chi connectivity index (χ3v) is 4.38. The Morgan fingerprint density at radius 1 is 1.17 bits per heavy atom. The Kier molecular flexibility index (Phi) is 6.39. The maximum Gasteiger partial charge on any atom is 0.262 e. The SMILES string of the molecule is COc1cc(C=O)ccc1OCC(=O)Nc1c(Br)cc(C)cc1Br. The fourth-order valence-corrected chi connectivity index (χ4v) is 3.63. The minimum absolute atomic E-state index is 0.191. The van der Waals surface area contributed by atoms with Crippen molar-refractivity contribution in [2.24, 2.45) is 0 Å². The van der Waals surface area contributed by atoms with Crippen LogP contribution in [0.25, 0.3) is 0 Å². The zero-order chi connectivity index (χ0) is 17.7. The van der Waals surface area contributed by atoms with E-state index in [9.17, 15) is 9.59 Å². The van der Waals surface area contributed by atoms with Gasteiger partial charge in [-0.2, -0.15) is 0 Å². The molecule has 0 aliphatic rings. The maximum absolute atomic E-state index is 12.1. The summed E-state index contributed by atoms with van der Waals surface area (Å²) in [5.74, 6) is 0.465. The number of hydrogen-bond donors (Lipinski definition) is 1. The van der Waals surface area contributed by atoms with Crippen molar-refractivity contribution in [1.29, 1.82) is 0 Å². The van der Waals surface area contributed by atoms with Gasteiger partial charge in [-0.1, -0.05) is 0 Å². The number of aryl methyl sites for hydroxylation is 1. The number of halogens is 2. The fourth-order valence-electron chi connectivity index (χ4n) is 2.01. The molecule has 126 valence electrons. The molecule has 0 bridgehead atoms. The van der Waals surface area contributed by atoms with E-state index in [1.54, 1.807) is 18.2 Å². The summed E-state index contributed by atoms with van der Waals surface area (Å²) in [6.45, 7) is 1.77. The Labute approximate surface area is 156 Å². The number of ether oxygens (including phenoxy) is 2. The van der Waals surface area contributed by atoms with Crippen molar-refractivity contribution in [1.82, 2.24) is 0 Å². The number of nitrogens with one attached hydrogen (secondary N) is 1. The lowest BCUT2D eigenvalue weighted by Gasteiger charge is -2.13. The van der Waals surface area contributed by atoms with E-state index >= 15 is 0 Å². The lowest BCUT2D eigenvalue weighted by molar-refractivity contribution is -0.118. The minimum Gasteiger partial charge on any atom is -0.493 e. The van der Waals surface area contributed by atoms with Crippen LogP contribution < -0.4 is 14.8 Å². The average Bonchev–Trinajstić information content (AvgIpc) is 2.56. The highest BCUT2D eigenvalue weighted by Gasteiger charge is 2.12. The molecule has 2 aromatic rings. The predicted molar refractivity (Wildman–Crippen MR) is 99.1 cm³/mol. The molecule has 1 N–H and O–H groups in total. The molecule has 0 aromatic heterocycles. The van der Waals surface area contributed by atoms with Crippen LogP contribution in [0.3, 0.4) is 0 Å². The molecule has 5 nitrogen and oxygen atoms in total. The highest BCUT2D eigenvalue weighted by Crippen LogP contribution is 2.32. The van der Waals surface area contributed by atoms with Crippen LogP contribution in [-0.4, -0.2) is 25.9 Å². The zero-order valence-electron chi connectivity index (χ0n) is 13.1. The molecule has 0 spiro atoms. The van der Waals surface area contributed by atoms with Gasteiger partial charge >= 0.3 is 0 Å². The quantitative estimate of drug-likeness (QED) is 0.656. The molecule has 0 heterocycles. The molecule has 0 saturated carbocycles. The molecule has 0 radical (unpaired) electrons. The van der Waals surface area contributed by atoms with Gasteiger partial charge in [-0.15, -0.1) is 0 Å². The minimum atomic E-state index is -0.318. The van der Waals surface area contributed by atoms with Crippen molar-refractivity contribution in [3.8, 4) is 11.5 Å². The first-order valence-electron chi connectivity index (χ1n) is 6.96. The van der Waals surface area contributed by atoms with Crippen LogP contribution >= 0.6 is 31.9 Å². The van der Waals surface area contributed by atoms with Gasteiger partial charge in [0, 0.05) is 14.5 Å². The molecular weight excluding hydrogens is 442 g/mol. The summed E-state index contributed by atoms with van der Waals surface area (Å²) in [7, 11) is 1.47. The summed E-state index contributed by atoms with van der Waals surface area (Å²) in [4.78, 5) is 22.9. The second-order valence-electron chi connectivity index (χ2n) is 4.97. The largest absolute Gasteiger partial charge is 0.493 e. The van der Waals surface area contributed by atoms with Crippen molar-refractivity contribution in [2.45, 2.75) is 6.92 Å². The standard InChI is InChI=1S/C17H15Br2NO4/c1-10-5-12(18)17(13(19)6-10)20-16(22)9-24-14-4-3-11(8-21)7-15(14)23-2/h3-8H,9H2,1-2H3,(H,20,22). The number of rotatable bonds is 6. The van der Waals surface area contributed by atoms with Crippen molar-refractivity contribution >= 4 is 49.7 Å². The maximum atomic E-state index is 12.1. The van der Waals surface area contributed by atoms with Gasteiger partial charge in [-0.25, -0.2) is 0 Å². The van der Waals surface area contributed by atoms with E-state index in [1.807, 2.05) is 19.1 Å². The molecule has 0 aliphatic carbocycles. The summed E-state index contributed by atoms with van der Waals surface area (Å²) in [6, 6.07) is 8.54. The van der Waals surface area contributed by atoms with Crippen LogP contribution in [0.5, 0.6) is 11.5 Å². The van der Waals surface area contributed by atoms with E-state index in [4.69, 9.17) is 9.47 Å². The molecule has 0 fully saturated rings. The molecule has 24 heavy (non-hydrogen) atoms. The van der Waals surface area contributed by atoms with Crippen molar-refractivity contribution in [3.05, 3.63) is 50.4 Å². The van der Waals surface area contributed by atoms with E-state index in [0.717, 1.165) is 14.5 Å². The van der Waals surface area contributed by atoms with Gasteiger partial charge in [0.1, 0.15) is 6.29 Å². The third-order valence-electron chi connectivity index (χ3n) is 3.13. The van der Waals surface area contributed by atoms with Crippen molar-refractivity contribution in [3.63, 3.8) is 0 Å². The first kappa shape index (κ1) is 18.5. The van der Waals surface area contributed by atoms with Crippen LogP contribution in [0.15, 0.2) is 39.3 Å². The van der Waals surface area contributed by atoms with E-state index in [1.165, 1.54) is 7.11 Å². The summed E-state index contributed by atoms with van der Waals surface area (Å²) >= 11 is 6.85. The van der Waals surface area contributed by atoms with Gasteiger partial charge in [0.05, 0.1) is 12.8 Å². The summed E-state index contributed by atoms with van der Waals surface area (Å²) in [6.07, 6.45) is 0.714. The van der Waals surface area contributed by atoms with Gasteiger partial charge in [0.15, 0.2) is 18.1 Å². The zero-order valence-corrected chi connectivity index (χ0v) is 16.2. The molecular formula is C17H15Br2NO4. The van der Waals surface area contributed by atoms with E-state index in [2.05, 4.69) is 37.2 Å². The third kappa shape index (κ3) is 4.58. The summed E-state index contributed by atoms with van der Waals surface area (Å²) < 4.78 is 12.2. The Balaban J connectivity index is 2.05. The monoisotopic (exact) mass is 455 g/mol. The molecule has 2 aromatic carbocycles. The number of carbonyl (C=O) groups is 2. The predicted octanol–water partition coefficient (Wildman–Crippen LogP) is 4.36. The average molecular weight is 457 g/mol. The number of amides is 1. The van der Waals surface area contributed by atoms with Crippen LogP contribution in [0.1, 0.15) is 15.9 Å². The molecule has 0 aliphatic heterocycles. The van der Waals surface area contributed by atoms with E-state index in [0.29, 0.717) is 29.0 Å². The molecule has 1 amide bonds. The van der Waals surface area contributed by atoms with Crippen LogP contribution in [-0.2, 0) is 4.79 Å². The second kappa shape index (κ2) is 8.30. The highest BCUT2D eigenvalue weighted by atomic mass is 79.9. The number of carbonyl (C=O) groups excluding carboxylic acids is 2. The van der Waals surface area contributed by atoms with Gasteiger partial charge < -0.3 is 14.8 Å². The van der Waals surface area contributed by atoms with Gasteiger partial charge in [-0.05, 0) is 74.7 Å². The highest BCUT2D eigenvalue weighted by molar-refractivity contribution is 9.11. The number of anilines is 1. The molecule has 0 unspecified atom stereocenters. The fraction of sp³-hybridized carbons (Fsp3) is 0.176. The molecule has 0 atom stereocenters. The number of benzene rings is 2. The van der Waals surface area contributed by atoms with E-state index in [-0.39, 0.29) is 12.5 Å². The van der Waals surface area contributed by atoms with Crippen LogP contribution in [0.2, 0.25) is 0 Å². The van der Waals surface area contributed by atoms with Crippen molar-refractivity contribution < 1.29 is 19.1 Å². The second-order valence-corrected chi connectivity index (χ2v) is 6.68. The normalized spacial score (nSPS) is 10.2. The first-order valence-corrected chi connectivity index (χ1v) is 8.54. The van der Waals surface area contributed by atoms with E-state index < -0.39 is 0 Å². The van der Waals surface area contributed by atoms with Crippen LogP contribution in [0, 0.1) is 6.92 Å². The lowest BCUT2D eigenvalue weighted by Crippen LogP contribution is -2.21. The van der Waals surface area contributed by atoms with Crippen LogP contribution in [0.4, 0.5) is 5.69 Å². The molecule has 7 heteroatoms. The number of hydrogen-bond acceptors (Lipinski definition) is 4.